The third-order valence-corrected chi connectivity index (χ3v) is 13.1. The number of carbonyl (C=O) groups is 1. The highest BCUT2D eigenvalue weighted by Crippen LogP contribution is 2.18. The van der Waals surface area contributed by atoms with Gasteiger partial charge in [0, 0.05) is 0 Å². The Balaban J connectivity index is 3.67. The molecule has 0 aromatic carbocycles. The van der Waals surface area contributed by atoms with E-state index in [1.165, 1.54) is 225 Å². The van der Waals surface area contributed by atoms with E-state index in [0.717, 1.165) is 38.5 Å². The van der Waals surface area contributed by atoms with Crippen LogP contribution in [0.3, 0.4) is 0 Å². The van der Waals surface area contributed by atoms with Crippen LogP contribution in [0.25, 0.3) is 0 Å². The molecule has 0 aliphatic carbocycles. The van der Waals surface area contributed by atoms with Gasteiger partial charge in [0.25, 0.3) is 0 Å². The van der Waals surface area contributed by atoms with Crippen LogP contribution in [0.4, 0.5) is 0 Å². The van der Waals surface area contributed by atoms with Gasteiger partial charge >= 0.3 is 0 Å². The van der Waals surface area contributed by atoms with Gasteiger partial charge in [-0.2, -0.15) is 0 Å². The zero-order valence-electron chi connectivity index (χ0n) is 41.6. The number of hydrogen-bond acceptors (Lipinski definition) is 5. The number of rotatable bonds is 51. The Morgan fingerprint density at radius 3 is 1.02 bits per heavy atom. The molecule has 0 aromatic heterocycles. The molecule has 0 fully saturated rings. The molecule has 62 heavy (non-hydrogen) atoms. The number of unbranched alkanes of at least 4 members (excludes halogenated alkanes) is 38. The van der Waals surface area contributed by atoms with Crippen LogP contribution in [-0.2, 0) is 4.79 Å². The van der Waals surface area contributed by atoms with Crippen LogP contribution in [0.1, 0.15) is 296 Å². The minimum Gasteiger partial charge on any atom is -0.394 e. The Hall–Kier alpha value is -1.21. The molecule has 4 unspecified atom stereocenters. The zero-order valence-corrected chi connectivity index (χ0v) is 41.6. The first-order valence-electron chi connectivity index (χ1n) is 27.7. The van der Waals surface area contributed by atoms with Crippen molar-refractivity contribution in [1.29, 1.82) is 0 Å². The quantitative estimate of drug-likeness (QED) is 0.0309. The Kier molecular flexibility index (Phi) is 49.8. The molecule has 0 aromatic rings. The standard InChI is InChI=1S/C56H109NO5/c1-3-5-7-9-11-13-15-17-19-21-23-25-27-28-30-32-34-36-38-40-42-44-46-48-50-54(60)56(62)57-52(51-58)55(61)53(59)49-47-45-43-41-39-37-35-33-31-29-26-24-22-20-18-16-14-12-10-8-6-4-2/h33,35,41,43,52-55,58-61H,3-32,34,36-40,42,44-51H2,1-2H3,(H,57,62)/b35-33+,43-41+. The molecule has 4 atom stereocenters. The number of hydrogen-bond donors (Lipinski definition) is 5. The SMILES string of the molecule is CCCCCCCCCCCCCCC/C=C/CC/C=C/CCCC(O)C(O)C(CO)NC(=O)C(O)CCCCCCCCCCCCCCCCCCCCCCCCCC. The van der Waals surface area contributed by atoms with Crippen molar-refractivity contribution >= 4 is 5.91 Å². The molecule has 5 N–H and O–H groups in total. The molecule has 0 saturated carbocycles. The summed E-state index contributed by atoms with van der Waals surface area (Å²) in [7, 11) is 0. The molecule has 0 bridgehead atoms. The van der Waals surface area contributed by atoms with Gasteiger partial charge in [-0.05, 0) is 51.4 Å². The molecule has 0 saturated heterocycles. The molecule has 0 rings (SSSR count). The van der Waals surface area contributed by atoms with Crippen molar-refractivity contribution in [2.24, 2.45) is 0 Å². The summed E-state index contributed by atoms with van der Waals surface area (Å²) in [6, 6.07) is -1.01. The molecular weight excluding hydrogens is 767 g/mol. The fourth-order valence-electron chi connectivity index (χ4n) is 8.78. The zero-order chi connectivity index (χ0) is 45.2. The van der Waals surface area contributed by atoms with E-state index in [9.17, 15) is 25.2 Å². The first kappa shape index (κ1) is 60.8. The second kappa shape index (κ2) is 50.8. The van der Waals surface area contributed by atoms with Crippen LogP contribution in [0.15, 0.2) is 24.3 Å². The molecule has 1 amide bonds. The lowest BCUT2D eigenvalue weighted by atomic mass is 10.00. The molecule has 0 radical (unpaired) electrons. The van der Waals surface area contributed by atoms with Gasteiger partial charge in [0.15, 0.2) is 0 Å². The van der Waals surface area contributed by atoms with Gasteiger partial charge < -0.3 is 25.7 Å². The molecule has 0 heterocycles. The van der Waals surface area contributed by atoms with Crippen molar-refractivity contribution in [2.75, 3.05) is 6.61 Å². The average Bonchev–Trinajstić information content (AvgIpc) is 3.28. The highest BCUT2D eigenvalue weighted by Gasteiger charge is 2.28. The smallest absolute Gasteiger partial charge is 0.249 e. The predicted octanol–water partition coefficient (Wildman–Crippen LogP) is 15.9. The maximum atomic E-state index is 12.6. The fraction of sp³-hybridized carbons (Fsp3) is 0.911. The molecular formula is C56H109NO5. The highest BCUT2D eigenvalue weighted by molar-refractivity contribution is 5.80. The van der Waals surface area contributed by atoms with Gasteiger partial charge in [0.1, 0.15) is 12.2 Å². The summed E-state index contributed by atoms with van der Waals surface area (Å²) in [4.78, 5) is 12.6. The third-order valence-electron chi connectivity index (χ3n) is 13.1. The Bertz CT molecular complexity index is 939. The van der Waals surface area contributed by atoms with Crippen molar-refractivity contribution in [3.8, 4) is 0 Å². The second-order valence-electron chi connectivity index (χ2n) is 19.3. The van der Waals surface area contributed by atoms with Gasteiger partial charge in [0.05, 0.1) is 18.8 Å². The minimum atomic E-state index is -1.29. The van der Waals surface area contributed by atoms with E-state index in [2.05, 4.69) is 43.5 Å². The lowest BCUT2D eigenvalue weighted by molar-refractivity contribution is -0.132. The van der Waals surface area contributed by atoms with Crippen molar-refractivity contribution in [3.63, 3.8) is 0 Å². The van der Waals surface area contributed by atoms with Gasteiger partial charge in [0.2, 0.25) is 5.91 Å². The molecule has 6 heteroatoms. The third kappa shape index (κ3) is 44.0. The van der Waals surface area contributed by atoms with E-state index < -0.39 is 36.9 Å². The summed E-state index contributed by atoms with van der Waals surface area (Å²) >= 11 is 0. The van der Waals surface area contributed by atoms with E-state index in [1.807, 2.05) is 0 Å². The van der Waals surface area contributed by atoms with E-state index in [4.69, 9.17) is 0 Å². The summed E-state index contributed by atoms with van der Waals surface area (Å²) < 4.78 is 0. The van der Waals surface area contributed by atoms with Crippen LogP contribution < -0.4 is 5.32 Å². The Labute approximate surface area is 386 Å². The largest absolute Gasteiger partial charge is 0.394 e. The minimum absolute atomic E-state index is 0.365. The van der Waals surface area contributed by atoms with E-state index >= 15 is 0 Å². The van der Waals surface area contributed by atoms with E-state index in [-0.39, 0.29) is 0 Å². The van der Waals surface area contributed by atoms with Gasteiger partial charge in [-0.25, -0.2) is 0 Å². The first-order valence-corrected chi connectivity index (χ1v) is 27.7. The second-order valence-corrected chi connectivity index (χ2v) is 19.3. The summed E-state index contributed by atoms with van der Waals surface area (Å²) in [5.41, 5.74) is 0. The predicted molar refractivity (Wildman–Crippen MR) is 270 cm³/mol. The van der Waals surface area contributed by atoms with Crippen molar-refractivity contribution < 1.29 is 25.2 Å². The lowest BCUT2D eigenvalue weighted by Gasteiger charge is -2.27. The molecule has 0 aliphatic rings. The molecule has 368 valence electrons. The Morgan fingerprint density at radius 1 is 0.387 bits per heavy atom. The number of carbonyl (C=O) groups excluding carboxylic acids is 1. The van der Waals surface area contributed by atoms with Crippen LogP contribution in [0, 0.1) is 0 Å². The fourth-order valence-corrected chi connectivity index (χ4v) is 8.78. The van der Waals surface area contributed by atoms with Crippen molar-refractivity contribution in [1.82, 2.24) is 5.32 Å². The number of amides is 1. The maximum Gasteiger partial charge on any atom is 0.249 e. The number of allylic oxidation sites excluding steroid dienone is 4. The Morgan fingerprint density at radius 2 is 0.677 bits per heavy atom. The van der Waals surface area contributed by atoms with Crippen LogP contribution in [0.2, 0.25) is 0 Å². The normalized spacial score (nSPS) is 14.0. The highest BCUT2D eigenvalue weighted by atomic mass is 16.3. The van der Waals surface area contributed by atoms with Gasteiger partial charge in [-0.1, -0.05) is 269 Å². The number of aliphatic hydroxyl groups is 4. The summed E-state index contributed by atoms with van der Waals surface area (Å²) in [6.07, 6.45) is 61.0. The van der Waals surface area contributed by atoms with E-state index in [0.29, 0.717) is 19.3 Å². The summed E-state index contributed by atoms with van der Waals surface area (Å²) in [5, 5.41) is 43.9. The van der Waals surface area contributed by atoms with E-state index in [1.54, 1.807) is 0 Å². The lowest BCUT2D eigenvalue weighted by Crippen LogP contribution is -2.53. The topological polar surface area (TPSA) is 110 Å². The number of aliphatic hydroxyl groups excluding tert-OH is 4. The summed E-state index contributed by atoms with van der Waals surface area (Å²) in [6.45, 7) is 4.07. The van der Waals surface area contributed by atoms with Gasteiger partial charge in [-0.15, -0.1) is 0 Å². The molecule has 0 spiro atoms. The van der Waals surface area contributed by atoms with Crippen LogP contribution in [-0.4, -0.2) is 57.3 Å². The van der Waals surface area contributed by atoms with Crippen molar-refractivity contribution in [3.05, 3.63) is 24.3 Å². The monoisotopic (exact) mass is 876 g/mol. The molecule has 0 aliphatic heterocycles. The van der Waals surface area contributed by atoms with Gasteiger partial charge in [-0.3, -0.25) is 4.79 Å². The van der Waals surface area contributed by atoms with Crippen LogP contribution >= 0.6 is 0 Å². The summed E-state index contributed by atoms with van der Waals surface area (Å²) in [5.74, 6) is -0.592. The number of nitrogens with one attached hydrogen (secondary N) is 1. The first-order chi connectivity index (χ1) is 30.5. The van der Waals surface area contributed by atoms with Crippen LogP contribution in [0.5, 0.6) is 0 Å². The maximum absolute atomic E-state index is 12.6. The average molecular weight is 876 g/mol. The van der Waals surface area contributed by atoms with Crippen molar-refractivity contribution in [2.45, 2.75) is 321 Å². The molecule has 6 nitrogen and oxygen atoms in total.